The van der Waals surface area contributed by atoms with Crippen LogP contribution >= 0.6 is 0 Å². The maximum Gasteiger partial charge on any atom is 0.338 e. The van der Waals surface area contributed by atoms with Crippen LogP contribution in [0.3, 0.4) is 0 Å². The van der Waals surface area contributed by atoms with E-state index in [1.165, 1.54) is 62.6 Å². The number of carbonyl (C=O) groups excluding carboxylic acids is 1. The number of unbranched alkanes of at least 4 members (excludes halogenated alkanes) is 3. The highest BCUT2D eigenvalue weighted by molar-refractivity contribution is 5.89. The van der Waals surface area contributed by atoms with Gasteiger partial charge in [-0.1, -0.05) is 65.2 Å². The molecule has 0 saturated carbocycles. The lowest BCUT2D eigenvalue weighted by atomic mass is 10.0. The Morgan fingerprint density at radius 3 is 1.85 bits per heavy atom. The molecule has 1 aromatic carbocycles. The van der Waals surface area contributed by atoms with Gasteiger partial charge < -0.3 is 9.22 Å². The third-order valence-corrected chi connectivity index (χ3v) is 5.64. The van der Waals surface area contributed by atoms with Crippen LogP contribution in [0.25, 0.3) is 0 Å². The molecule has 3 nitrogen and oxygen atoms in total. The van der Waals surface area contributed by atoms with Crippen LogP contribution in [0.5, 0.6) is 0 Å². The first-order chi connectivity index (χ1) is 13.1. The number of rotatable bonds is 15. The zero-order chi connectivity index (χ0) is 20.0. The van der Waals surface area contributed by atoms with Crippen LogP contribution in [0, 0.1) is 5.92 Å². The second kappa shape index (κ2) is 13.8. The fourth-order valence-electron chi connectivity index (χ4n) is 3.79. The molecule has 1 unspecified atom stereocenters. The molecule has 0 N–H and O–H groups in total. The van der Waals surface area contributed by atoms with Crippen LogP contribution in [0.15, 0.2) is 30.3 Å². The number of carbonyl (C=O) groups is 1. The Morgan fingerprint density at radius 1 is 0.889 bits per heavy atom. The molecule has 0 saturated heterocycles. The van der Waals surface area contributed by atoms with Crippen LogP contribution in [0.4, 0.5) is 0 Å². The van der Waals surface area contributed by atoms with Crippen molar-refractivity contribution in [3.63, 3.8) is 0 Å². The number of esters is 1. The minimum atomic E-state index is -0.192. The average molecular weight is 377 g/mol. The van der Waals surface area contributed by atoms with Crippen LogP contribution < -0.4 is 0 Å². The molecule has 0 aliphatic rings. The highest BCUT2D eigenvalue weighted by atomic mass is 16.5. The number of quaternary nitrogens is 1. The van der Waals surface area contributed by atoms with Crippen molar-refractivity contribution in [2.45, 2.75) is 72.6 Å². The molecule has 1 rings (SSSR count). The number of ether oxygens (including phenoxy) is 1. The predicted molar refractivity (Wildman–Crippen MR) is 115 cm³/mol. The van der Waals surface area contributed by atoms with Crippen molar-refractivity contribution < 1.29 is 14.0 Å². The number of hydrogen-bond acceptors (Lipinski definition) is 2. The van der Waals surface area contributed by atoms with Gasteiger partial charge >= 0.3 is 5.97 Å². The van der Waals surface area contributed by atoms with E-state index in [9.17, 15) is 4.79 Å². The Morgan fingerprint density at radius 2 is 1.41 bits per heavy atom. The molecule has 0 radical (unpaired) electrons. The molecule has 0 fully saturated rings. The molecule has 27 heavy (non-hydrogen) atoms. The summed E-state index contributed by atoms with van der Waals surface area (Å²) in [7, 11) is 0. The predicted octanol–water partition coefficient (Wildman–Crippen LogP) is 6.09. The van der Waals surface area contributed by atoms with Crippen molar-refractivity contribution in [3.8, 4) is 0 Å². The van der Waals surface area contributed by atoms with Crippen LogP contribution in [-0.2, 0) is 4.74 Å². The van der Waals surface area contributed by atoms with Gasteiger partial charge in [0, 0.05) is 5.92 Å². The highest BCUT2D eigenvalue weighted by Crippen LogP contribution is 2.20. The van der Waals surface area contributed by atoms with Gasteiger partial charge in [0.15, 0.2) is 0 Å². The molecule has 0 spiro atoms. The summed E-state index contributed by atoms with van der Waals surface area (Å²) in [5.41, 5.74) is 0.649. The Balaban J connectivity index is 2.75. The first-order valence-electron chi connectivity index (χ1n) is 11.2. The first-order valence-corrected chi connectivity index (χ1v) is 11.2. The lowest BCUT2D eigenvalue weighted by Crippen LogP contribution is -2.53. The highest BCUT2D eigenvalue weighted by Gasteiger charge is 2.29. The minimum Gasteiger partial charge on any atom is -0.462 e. The van der Waals surface area contributed by atoms with Gasteiger partial charge in [-0.2, -0.15) is 0 Å². The topological polar surface area (TPSA) is 26.3 Å². The van der Waals surface area contributed by atoms with Crippen LogP contribution in [-0.4, -0.2) is 43.2 Å². The number of nitrogens with zero attached hydrogens (tertiary/aromatic N) is 1. The minimum absolute atomic E-state index is 0.192. The second-order valence-electron chi connectivity index (χ2n) is 7.99. The summed E-state index contributed by atoms with van der Waals surface area (Å²) < 4.78 is 6.90. The van der Waals surface area contributed by atoms with Crippen LogP contribution in [0.1, 0.15) is 83.0 Å². The van der Waals surface area contributed by atoms with E-state index in [-0.39, 0.29) is 5.97 Å². The summed E-state index contributed by atoms with van der Waals surface area (Å²) in [6.07, 6.45) is 8.66. The zero-order valence-electron chi connectivity index (χ0n) is 18.2. The summed E-state index contributed by atoms with van der Waals surface area (Å²) in [4.78, 5) is 12.3. The standard InChI is InChI=1S/C24H42NO2/c1-5-9-17-25(18-10-6-2,19-11-7-3)20-22(8-4)21-27-24(26)23-15-13-12-14-16-23/h12-16,22H,5-11,17-21H2,1-4H3/q+1. The van der Waals surface area contributed by atoms with E-state index >= 15 is 0 Å². The molecule has 154 valence electrons. The molecule has 0 aliphatic heterocycles. The molecule has 3 heteroatoms. The van der Waals surface area contributed by atoms with Gasteiger partial charge in [-0.3, -0.25) is 0 Å². The van der Waals surface area contributed by atoms with E-state index in [1.54, 1.807) is 0 Å². The summed E-state index contributed by atoms with van der Waals surface area (Å²) in [5.74, 6) is 0.242. The van der Waals surface area contributed by atoms with Crippen molar-refractivity contribution in [2.24, 2.45) is 5.92 Å². The molecule has 0 amide bonds. The van der Waals surface area contributed by atoms with Crippen LogP contribution in [0.2, 0.25) is 0 Å². The van der Waals surface area contributed by atoms with E-state index in [4.69, 9.17) is 4.74 Å². The van der Waals surface area contributed by atoms with Gasteiger partial charge in [0.25, 0.3) is 0 Å². The Kier molecular flexibility index (Phi) is 12.1. The monoisotopic (exact) mass is 376 g/mol. The molecular formula is C24H42NO2+. The maximum atomic E-state index is 12.3. The van der Waals surface area contributed by atoms with Gasteiger partial charge in [0.05, 0.1) is 38.3 Å². The van der Waals surface area contributed by atoms with Crippen molar-refractivity contribution in [1.29, 1.82) is 0 Å². The molecular weight excluding hydrogens is 334 g/mol. The fourth-order valence-corrected chi connectivity index (χ4v) is 3.79. The molecule has 0 heterocycles. The number of hydrogen-bond donors (Lipinski definition) is 0. The molecule has 1 aromatic rings. The Hall–Kier alpha value is -1.35. The Labute approximate surface area is 167 Å². The number of benzene rings is 1. The van der Waals surface area contributed by atoms with Gasteiger partial charge in [-0.05, 0) is 37.8 Å². The lowest BCUT2D eigenvalue weighted by molar-refractivity contribution is -0.932. The molecule has 0 aromatic heterocycles. The molecule has 1 atom stereocenters. The summed E-state index contributed by atoms with van der Waals surface area (Å²) in [5, 5.41) is 0. The zero-order valence-corrected chi connectivity index (χ0v) is 18.2. The third-order valence-electron chi connectivity index (χ3n) is 5.64. The Bertz CT molecular complexity index is 479. The smallest absolute Gasteiger partial charge is 0.338 e. The molecule has 0 bridgehead atoms. The summed E-state index contributed by atoms with van der Waals surface area (Å²) >= 11 is 0. The van der Waals surface area contributed by atoms with E-state index in [1.807, 2.05) is 30.3 Å². The van der Waals surface area contributed by atoms with E-state index in [0.29, 0.717) is 18.1 Å². The van der Waals surface area contributed by atoms with Crippen molar-refractivity contribution in [2.75, 3.05) is 32.8 Å². The lowest BCUT2D eigenvalue weighted by Gasteiger charge is -2.41. The van der Waals surface area contributed by atoms with Gasteiger partial charge in [-0.15, -0.1) is 0 Å². The van der Waals surface area contributed by atoms with Gasteiger partial charge in [0.2, 0.25) is 0 Å². The van der Waals surface area contributed by atoms with Gasteiger partial charge in [0.1, 0.15) is 0 Å². The quantitative estimate of drug-likeness (QED) is 0.274. The van der Waals surface area contributed by atoms with Crippen molar-refractivity contribution >= 4 is 5.97 Å². The van der Waals surface area contributed by atoms with E-state index in [0.717, 1.165) is 13.0 Å². The summed E-state index contributed by atoms with van der Waals surface area (Å²) in [6.45, 7) is 14.6. The van der Waals surface area contributed by atoms with Crippen molar-refractivity contribution in [3.05, 3.63) is 35.9 Å². The SMILES string of the molecule is CCCC[N+](CCCC)(CCCC)CC(CC)COC(=O)c1ccccc1. The molecule has 0 aliphatic carbocycles. The van der Waals surface area contributed by atoms with E-state index < -0.39 is 0 Å². The maximum absolute atomic E-state index is 12.3. The summed E-state index contributed by atoms with van der Waals surface area (Å²) in [6, 6.07) is 9.35. The third kappa shape index (κ3) is 8.92. The average Bonchev–Trinajstić information content (AvgIpc) is 2.72. The van der Waals surface area contributed by atoms with Gasteiger partial charge in [-0.25, -0.2) is 4.79 Å². The first kappa shape index (κ1) is 23.7. The largest absolute Gasteiger partial charge is 0.462 e. The fraction of sp³-hybridized carbons (Fsp3) is 0.708. The van der Waals surface area contributed by atoms with Crippen molar-refractivity contribution in [1.82, 2.24) is 0 Å². The van der Waals surface area contributed by atoms with E-state index in [2.05, 4.69) is 27.7 Å². The normalized spacial score (nSPS) is 12.7. The second-order valence-corrected chi connectivity index (χ2v) is 7.99.